The summed E-state index contributed by atoms with van der Waals surface area (Å²) in [6.45, 7) is 1.21. The first-order chi connectivity index (χ1) is 12.3. The molecule has 1 atom stereocenters. The Balaban J connectivity index is 1.81. The van der Waals surface area contributed by atoms with Gasteiger partial charge in [-0.2, -0.15) is 0 Å². The van der Waals surface area contributed by atoms with Crippen LogP contribution in [-0.2, 0) is 14.3 Å². The number of carbonyl (C=O) groups excluding carboxylic acids is 2. The smallest absolute Gasteiger partial charge is 0.319 e. The van der Waals surface area contributed by atoms with Gasteiger partial charge in [0.15, 0.2) is 6.61 Å². The summed E-state index contributed by atoms with van der Waals surface area (Å²) < 4.78 is 4.99. The van der Waals surface area contributed by atoms with Crippen LogP contribution in [0.2, 0.25) is 5.02 Å². The molecule has 26 heavy (non-hydrogen) atoms. The molecular weight excluding hydrogens is 380 g/mol. The Labute approximate surface area is 158 Å². The lowest BCUT2D eigenvalue weighted by Crippen LogP contribution is -2.24. The van der Waals surface area contributed by atoms with E-state index < -0.39 is 28.7 Å². The molecule has 2 aromatic carbocycles. The van der Waals surface area contributed by atoms with Gasteiger partial charge in [0.2, 0.25) is 0 Å². The first-order valence-electron chi connectivity index (χ1n) is 7.48. The minimum absolute atomic E-state index is 0.0257. The molecule has 0 fully saturated rings. The van der Waals surface area contributed by atoms with Crippen LogP contribution in [0.1, 0.15) is 6.92 Å². The van der Waals surface area contributed by atoms with Crippen molar-refractivity contribution >= 4 is 46.6 Å². The maximum Gasteiger partial charge on any atom is 0.319 e. The highest BCUT2D eigenvalue weighted by Gasteiger charge is 2.18. The van der Waals surface area contributed by atoms with E-state index >= 15 is 0 Å². The molecule has 0 aliphatic rings. The Hall–Kier alpha value is -2.58. The molecule has 0 saturated carbocycles. The molecule has 2 rings (SSSR count). The van der Waals surface area contributed by atoms with Gasteiger partial charge in [0.25, 0.3) is 11.6 Å². The van der Waals surface area contributed by atoms with Crippen LogP contribution in [-0.4, -0.2) is 28.7 Å². The van der Waals surface area contributed by atoms with E-state index in [0.717, 1.165) is 0 Å². The highest BCUT2D eigenvalue weighted by atomic mass is 35.5. The summed E-state index contributed by atoms with van der Waals surface area (Å²) in [5.41, 5.74) is 0.481. The molecule has 0 spiro atoms. The summed E-state index contributed by atoms with van der Waals surface area (Å²) in [7, 11) is 0. The van der Waals surface area contributed by atoms with Crippen molar-refractivity contribution in [1.82, 2.24) is 0 Å². The zero-order chi connectivity index (χ0) is 19.1. The minimum Gasteiger partial charge on any atom is -0.455 e. The van der Waals surface area contributed by atoms with Gasteiger partial charge in [-0.25, -0.2) is 0 Å². The van der Waals surface area contributed by atoms with Crippen LogP contribution in [0.3, 0.4) is 0 Å². The largest absolute Gasteiger partial charge is 0.455 e. The van der Waals surface area contributed by atoms with E-state index in [0.29, 0.717) is 15.6 Å². The molecular formula is C17H15ClN2O5S. The fourth-order valence-electron chi connectivity index (χ4n) is 1.92. The van der Waals surface area contributed by atoms with Crippen molar-refractivity contribution in [2.45, 2.75) is 17.1 Å². The van der Waals surface area contributed by atoms with Crippen molar-refractivity contribution in [2.24, 2.45) is 0 Å². The highest BCUT2D eigenvalue weighted by Crippen LogP contribution is 2.26. The number of anilines is 1. The average Bonchev–Trinajstić information content (AvgIpc) is 2.60. The molecule has 0 heterocycles. The minimum atomic E-state index is -0.574. The summed E-state index contributed by atoms with van der Waals surface area (Å²) in [5, 5.41) is 13.1. The molecule has 0 unspecified atom stereocenters. The lowest BCUT2D eigenvalue weighted by atomic mass is 10.3. The Kier molecular flexibility index (Phi) is 6.99. The first-order valence-corrected chi connectivity index (χ1v) is 8.74. The number of benzene rings is 2. The number of ether oxygens (including phenoxy) is 1. The van der Waals surface area contributed by atoms with E-state index in [2.05, 4.69) is 5.32 Å². The van der Waals surface area contributed by atoms with Gasteiger partial charge in [-0.1, -0.05) is 17.7 Å². The van der Waals surface area contributed by atoms with E-state index in [9.17, 15) is 19.7 Å². The summed E-state index contributed by atoms with van der Waals surface area (Å²) in [5.74, 6) is -1.04. The zero-order valence-corrected chi connectivity index (χ0v) is 15.3. The molecule has 7 nitrogen and oxygen atoms in total. The third-order valence-electron chi connectivity index (χ3n) is 3.15. The summed E-state index contributed by atoms with van der Waals surface area (Å²) in [6, 6.07) is 12.4. The van der Waals surface area contributed by atoms with Gasteiger partial charge in [-0.3, -0.25) is 19.7 Å². The molecule has 136 valence electrons. The number of amides is 1. The number of non-ortho nitro benzene ring substituents is 1. The standard InChI is InChI=1S/C17H15ClN2O5S/c1-11(26-15-7-5-14(6-8-15)20(23)24)17(22)25-10-16(21)19-13-4-2-3-12(18)9-13/h2-9,11H,10H2,1H3,(H,19,21)/t11-/m1/s1. The van der Waals surface area contributed by atoms with Crippen LogP contribution in [0, 0.1) is 10.1 Å². The van der Waals surface area contributed by atoms with Gasteiger partial charge >= 0.3 is 5.97 Å². The highest BCUT2D eigenvalue weighted by molar-refractivity contribution is 8.00. The molecule has 0 bridgehead atoms. The number of carbonyl (C=O) groups is 2. The maximum atomic E-state index is 12.0. The van der Waals surface area contributed by atoms with Crippen LogP contribution in [0.15, 0.2) is 53.4 Å². The number of halogens is 1. The summed E-state index contributed by atoms with van der Waals surface area (Å²) in [4.78, 5) is 34.6. The fraction of sp³-hybridized carbons (Fsp3) is 0.176. The molecule has 0 aliphatic carbocycles. The van der Waals surface area contributed by atoms with Crippen molar-refractivity contribution in [3.63, 3.8) is 0 Å². The number of nitrogens with one attached hydrogen (secondary N) is 1. The van der Waals surface area contributed by atoms with Crippen LogP contribution < -0.4 is 5.32 Å². The van der Waals surface area contributed by atoms with Crippen molar-refractivity contribution in [1.29, 1.82) is 0 Å². The Morgan fingerprint density at radius 2 is 1.96 bits per heavy atom. The SMILES string of the molecule is C[C@@H](Sc1ccc([N+](=O)[O-])cc1)C(=O)OCC(=O)Nc1cccc(Cl)c1. The van der Waals surface area contributed by atoms with Gasteiger partial charge < -0.3 is 10.1 Å². The van der Waals surface area contributed by atoms with E-state index in [1.54, 1.807) is 43.3 Å². The lowest BCUT2D eigenvalue weighted by molar-refractivity contribution is -0.384. The second-order valence-electron chi connectivity index (χ2n) is 5.18. The predicted octanol–water partition coefficient (Wildman–Crippen LogP) is 3.91. The van der Waals surface area contributed by atoms with Crippen LogP contribution in [0.5, 0.6) is 0 Å². The number of nitro groups is 1. The molecule has 2 aromatic rings. The zero-order valence-electron chi connectivity index (χ0n) is 13.7. The second-order valence-corrected chi connectivity index (χ2v) is 7.03. The molecule has 0 aliphatic heterocycles. The number of nitrogens with zero attached hydrogens (tertiary/aromatic N) is 1. The van der Waals surface area contributed by atoms with Crippen LogP contribution in [0.25, 0.3) is 0 Å². The Morgan fingerprint density at radius 3 is 2.58 bits per heavy atom. The van der Waals surface area contributed by atoms with Gasteiger partial charge in [0.05, 0.1) is 4.92 Å². The Bertz CT molecular complexity index is 813. The molecule has 1 amide bonds. The topological polar surface area (TPSA) is 98.5 Å². The van der Waals surface area contributed by atoms with Gasteiger partial charge in [0.1, 0.15) is 5.25 Å². The van der Waals surface area contributed by atoms with Gasteiger partial charge in [-0.15, -0.1) is 11.8 Å². The molecule has 0 aromatic heterocycles. The number of hydrogen-bond donors (Lipinski definition) is 1. The van der Waals surface area contributed by atoms with Gasteiger partial charge in [-0.05, 0) is 37.3 Å². The second kappa shape index (κ2) is 9.21. The number of hydrogen-bond acceptors (Lipinski definition) is 6. The first kappa shape index (κ1) is 19.7. The fourth-order valence-corrected chi connectivity index (χ4v) is 2.97. The quantitative estimate of drug-likeness (QED) is 0.331. The normalized spacial score (nSPS) is 11.5. The number of thioether (sulfide) groups is 1. The van der Waals surface area contributed by atoms with E-state index in [1.807, 2.05) is 0 Å². The van der Waals surface area contributed by atoms with Crippen LogP contribution >= 0.6 is 23.4 Å². The summed E-state index contributed by atoms with van der Waals surface area (Å²) in [6.07, 6.45) is 0. The number of nitro benzene ring substituents is 1. The van der Waals surface area contributed by atoms with E-state index in [-0.39, 0.29) is 5.69 Å². The van der Waals surface area contributed by atoms with E-state index in [1.165, 1.54) is 23.9 Å². The predicted molar refractivity (Wildman–Crippen MR) is 99.5 cm³/mol. The summed E-state index contributed by atoms with van der Waals surface area (Å²) >= 11 is 7.01. The van der Waals surface area contributed by atoms with E-state index in [4.69, 9.17) is 16.3 Å². The Morgan fingerprint density at radius 1 is 1.27 bits per heavy atom. The molecule has 9 heteroatoms. The number of rotatable bonds is 7. The monoisotopic (exact) mass is 394 g/mol. The van der Waals surface area contributed by atoms with Crippen molar-refractivity contribution in [3.8, 4) is 0 Å². The molecule has 0 saturated heterocycles. The van der Waals surface area contributed by atoms with Crippen molar-refractivity contribution in [3.05, 3.63) is 63.7 Å². The average molecular weight is 395 g/mol. The maximum absolute atomic E-state index is 12.0. The lowest BCUT2D eigenvalue weighted by Gasteiger charge is -2.11. The van der Waals surface area contributed by atoms with Crippen molar-refractivity contribution < 1.29 is 19.2 Å². The molecule has 1 N–H and O–H groups in total. The third-order valence-corrected chi connectivity index (χ3v) is 4.47. The van der Waals surface area contributed by atoms with Gasteiger partial charge in [0, 0.05) is 27.7 Å². The third kappa shape index (κ3) is 6.05. The van der Waals surface area contributed by atoms with Crippen molar-refractivity contribution in [2.75, 3.05) is 11.9 Å². The van der Waals surface area contributed by atoms with Crippen LogP contribution in [0.4, 0.5) is 11.4 Å². The molecule has 0 radical (unpaired) electrons. The number of esters is 1.